The minimum Gasteiger partial charge on any atom is -0.396 e. The molecule has 2 N–H and O–H groups in total. The lowest BCUT2D eigenvalue weighted by Gasteiger charge is -2.46. The third-order valence-electron chi connectivity index (χ3n) is 4.92. The summed E-state index contributed by atoms with van der Waals surface area (Å²) >= 11 is 0. The molecule has 1 unspecified atom stereocenters. The van der Waals surface area contributed by atoms with Crippen molar-refractivity contribution in [1.82, 2.24) is 14.7 Å². The van der Waals surface area contributed by atoms with Crippen molar-refractivity contribution in [2.24, 2.45) is 5.92 Å². The first-order valence-electron chi connectivity index (χ1n) is 7.85. The zero-order valence-corrected chi connectivity index (χ0v) is 12.2. The van der Waals surface area contributed by atoms with Crippen molar-refractivity contribution in [1.29, 1.82) is 0 Å². The monoisotopic (exact) mass is 280 g/mol. The lowest BCUT2D eigenvalue weighted by atomic mass is 9.76. The van der Waals surface area contributed by atoms with Gasteiger partial charge in [-0.05, 0) is 25.2 Å². The van der Waals surface area contributed by atoms with E-state index < -0.39 is 6.17 Å². The van der Waals surface area contributed by atoms with Gasteiger partial charge in [0.2, 0.25) is 0 Å². The van der Waals surface area contributed by atoms with Crippen LogP contribution in [0.4, 0.5) is 10.1 Å². The van der Waals surface area contributed by atoms with E-state index in [1.807, 2.05) is 0 Å². The Morgan fingerprint density at radius 3 is 2.85 bits per heavy atom. The fraction of sp³-hybridized carbons (Fsp3) is 0.800. The molecule has 1 aliphatic heterocycles. The van der Waals surface area contributed by atoms with E-state index in [2.05, 4.69) is 16.9 Å². The fourth-order valence-corrected chi connectivity index (χ4v) is 3.72. The maximum Gasteiger partial charge on any atom is 0.135 e. The van der Waals surface area contributed by atoms with Crippen molar-refractivity contribution in [3.8, 4) is 0 Å². The quantitative estimate of drug-likeness (QED) is 0.922. The van der Waals surface area contributed by atoms with Crippen LogP contribution in [0.2, 0.25) is 0 Å². The number of alkyl halides is 1. The van der Waals surface area contributed by atoms with Crippen LogP contribution in [0.1, 0.15) is 45.1 Å². The molecule has 2 aliphatic rings. The molecule has 0 bridgehead atoms. The summed E-state index contributed by atoms with van der Waals surface area (Å²) in [6.07, 6.45) is 8.46. The van der Waals surface area contributed by atoms with Crippen LogP contribution in [0.3, 0.4) is 0 Å². The number of hydrogen-bond donors (Lipinski definition) is 1. The van der Waals surface area contributed by atoms with Crippen LogP contribution in [-0.4, -0.2) is 40.0 Å². The maximum atomic E-state index is 14.4. The summed E-state index contributed by atoms with van der Waals surface area (Å²) < 4.78 is 16.1. The number of anilines is 1. The van der Waals surface area contributed by atoms with Crippen LogP contribution in [0.15, 0.2) is 12.4 Å². The minimum atomic E-state index is -0.840. The zero-order chi connectivity index (χ0) is 14.1. The van der Waals surface area contributed by atoms with Gasteiger partial charge in [-0.25, -0.2) is 4.39 Å². The van der Waals surface area contributed by atoms with E-state index in [9.17, 15) is 4.39 Å². The van der Waals surface area contributed by atoms with Crippen LogP contribution < -0.4 is 5.73 Å². The molecular formula is C15H25FN4. The first-order chi connectivity index (χ1) is 9.67. The van der Waals surface area contributed by atoms with Crippen molar-refractivity contribution in [3.63, 3.8) is 0 Å². The van der Waals surface area contributed by atoms with Crippen molar-refractivity contribution < 1.29 is 4.39 Å². The first kappa shape index (κ1) is 13.9. The molecule has 3 rings (SSSR count). The average Bonchev–Trinajstić information content (AvgIpc) is 2.79. The van der Waals surface area contributed by atoms with Crippen molar-refractivity contribution in [2.45, 2.75) is 57.3 Å². The van der Waals surface area contributed by atoms with Crippen LogP contribution in [0.25, 0.3) is 0 Å². The molecule has 2 atom stereocenters. The standard InChI is InChI=1S/C15H25FN4/c1-2-3-11-6-13(7-11)19-5-4-15(14(16)10-19)20-9-12(17)8-18-20/h8-9,11,13-15H,2-7,10,17H2,1H3/t11?,13?,14-,15?/m0/s1. The summed E-state index contributed by atoms with van der Waals surface area (Å²) in [6.45, 7) is 3.77. The molecule has 20 heavy (non-hydrogen) atoms. The molecule has 5 heteroatoms. The minimum absolute atomic E-state index is 0.143. The topological polar surface area (TPSA) is 47.1 Å². The first-order valence-corrected chi connectivity index (χ1v) is 7.85. The molecule has 0 amide bonds. The normalized spacial score (nSPS) is 34.9. The molecule has 0 aromatic carbocycles. The highest BCUT2D eigenvalue weighted by Crippen LogP contribution is 2.37. The van der Waals surface area contributed by atoms with Gasteiger partial charge in [0.05, 0.1) is 17.9 Å². The molecule has 0 radical (unpaired) electrons. The van der Waals surface area contributed by atoms with Gasteiger partial charge in [0, 0.05) is 25.3 Å². The SMILES string of the molecule is CCCC1CC(N2CCC(n3cc(N)cn3)[C@@H](F)C2)C1. The van der Waals surface area contributed by atoms with E-state index in [-0.39, 0.29) is 6.04 Å². The van der Waals surface area contributed by atoms with Crippen molar-refractivity contribution in [3.05, 3.63) is 12.4 Å². The molecule has 4 nitrogen and oxygen atoms in total. The summed E-state index contributed by atoms with van der Waals surface area (Å²) in [6, 6.07) is 0.475. The molecule has 1 saturated carbocycles. The van der Waals surface area contributed by atoms with Gasteiger partial charge in [-0.3, -0.25) is 9.58 Å². The number of aromatic nitrogens is 2. The van der Waals surface area contributed by atoms with Crippen molar-refractivity contribution in [2.75, 3.05) is 18.8 Å². The highest BCUT2D eigenvalue weighted by molar-refractivity contribution is 5.30. The van der Waals surface area contributed by atoms with Crippen LogP contribution in [0.5, 0.6) is 0 Å². The molecule has 2 heterocycles. The molecule has 2 fully saturated rings. The number of nitrogen functional groups attached to an aromatic ring is 1. The van der Waals surface area contributed by atoms with E-state index >= 15 is 0 Å². The van der Waals surface area contributed by atoms with Gasteiger partial charge in [0.15, 0.2) is 0 Å². The number of likely N-dealkylation sites (tertiary alicyclic amines) is 1. The largest absolute Gasteiger partial charge is 0.396 e. The molecule has 1 aromatic heterocycles. The van der Waals surface area contributed by atoms with Crippen LogP contribution >= 0.6 is 0 Å². The van der Waals surface area contributed by atoms with Crippen molar-refractivity contribution >= 4 is 5.69 Å². The van der Waals surface area contributed by atoms with E-state index in [0.29, 0.717) is 18.3 Å². The Morgan fingerprint density at radius 2 is 2.25 bits per heavy atom. The third-order valence-corrected chi connectivity index (χ3v) is 4.92. The Labute approximate surface area is 120 Å². The van der Waals surface area contributed by atoms with E-state index in [4.69, 9.17) is 5.73 Å². The van der Waals surface area contributed by atoms with E-state index in [1.54, 1.807) is 17.1 Å². The maximum absolute atomic E-state index is 14.4. The predicted molar refractivity (Wildman–Crippen MR) is 78.2 cm³/mol. The Bertz CT molecular complexity index is 441. The van der Waals surface area contributed by atoms with Gasteiger partial charge in [-0.15, -0.1) is 0 Å². The van der Waals surface area contributed by atoms with Gasteiger partial charge in [0.1, 0.15) is 6.17 Å². The smallest absolute Gasteiger partial charge is 0.135 e. The Balaban J connectivity index is 1.52. The predicted octanol–water partition coefficient (Wildman–Crippen LogP) is 2.63. The Morgan fingerprint density at radius 1 is 1.45 bits per heavy atom. The van der Waals surface area contributed by atoms with Crippen LogP contribution in [-0.2, 0) is 0 Å². The summed E-state index contributed by atoms with van der Waals surface area (Å²) in [5.41, 5.74) is 6.28. The summed E-state index contributed by atoms with van der Waals surface area (Å²) in [4.78, 5) is 2.35. The number of rotatable bonds is 4. The van der Waals surface area contributed by atoms with E-state index in [1.165, 1.54) is 25.7 Å². The number of halogens is 1. The molecule has 1 saturated heterocycles. The zero-order valence-electron chi connectivity index (χ0n) is 12.2. The Hall–Kier alpha value is -1.10. The Kier molecular flexibility index (Phi) is 3.96. The molecular weight excluding hydrogens is 255 g/mol. The molecule has 1 aromatic rings. The lowest BCUT2D eigenvalue weighted by Crippen LogP contribution is -2.52. The fourth-order valence-electron chi connectivity index (χ4n) is 3.72. The van der Waals surface area contributed by atoms with Gasteiger partial charge in [-0.2, -0.15) is 5.10 Å². The van der Waals surface area contributed by atoms with Gasteiger partial charge >= 0.3 is 0 Å². The summed E-state index contributed by atoms with van der Waals surface area (Å²) in [5, 5.41) is 4.16. The number of piperidine rings is 1. The van der Waals surface area contributed by atoms with Gasteiger partial charge in [0.25, 0.3) is 0 Å². The van der Waals surface area contributed by atoms with E-state index in [0.717, 1.165) is 18.9 Å². The third kappa shape index (κ3) is 2.68. The molecule has 0 spiro atoms. The number of nitrogens with two attached hydrogens (primary N) is 1. The molecule has 112 valence electrons. The molecule has 1 aliphatic carbocycles. The second-order valence-electron chi connectivity index (χ2n) is 6.40. The number of hydrogen-bond acceptors (Lipinski definition) is 3. The summed E-state index contributed by atoms with van der Waals surface area (Å²) in [7, 11) is 0. The number of nitrogens with zero attached hydrogens (tertiary/aromatic N) is 3. The average molecular weight is 280 g/mol. The highest BCUT2D eigenvalue weighted by atomic mass is 19.1. The second-order valence-corrected chi connectivity index (χ2v) is 6.40. The van der Waals surface area contributed by atoms with Gasteiger partial charge < -0.3 is 5.73 Å². The summed E-state index contributed by atoms with van der Waals surface area (Å²) in [5.74, 6) is 0.881. The lowest BCUT2D eigenvalue weighted by molar-refractivity contribution is 0.00670. The highest BCUT2D eigenvalue weighted by Gasteiger charge is 2.38. The van der Waals surface area contributed by atoms with Crippen LogP contribution in [0, 0.1) is 5.92 Å². The second kappa shape index (κ2) is 5.72. The van der Waals surface area contributed by atoms with Gasteiger partial charge in [-0.1, -0.05) is 19.8 Å².